The monoisotopic (exact) mass is 406 g/mol. The fourth-order valence-electron chi connectivity index (χ4n) is 3.39. The highest BCUT2D eigenvalue weighted by atomic mass is 16.3. The molecule has 1 aliphatic rings. The van der Waals surface area contributed by atoms with Crippen LogP contribution < -0.4 is 10.6 Å². The molecule has 0 bridgehead atoms. The molecule has 4 rings (SSSR count). The lowest BCUT2D eigenvalue weighted by atomic mass is 10.00. The highest BCUT2D eigenvalue weighted by Crippen LogP contribution is 2.41. The Morgan fingerprint density at radius 1 is 1.33 bits per heavy atom. The zero-order chi connectivity index (χ0) is 21.5. The molecule has 0 saturated heterocycles. The average Bonchev–Trinajstić information content (AvgIpc) is 3.51. The predicted octanol–water partition coefficient (Wildman–Crippen LogP) is 2.79. The fourth-order valence-corrected chi connectivity index (χ4v) is 3.39. The van der Waals surface area contributed by atoms with Gasteiger partial charge in [0.25, 0.3) is 5.91 Å². The van der Waals surface area contributed by atoms with E-state index in [4.69, 9.17) is 5.41 Å². The van der Waals surface area contributed by atoms with Crippen LogP contribution in [0.3, 0.4) is 0 Å². The number of aromatic nitrogens is 3. The summed E-state index contributed by atoms with van der Waals surface area (Å²) in [5, 5.41) is 24.1. The van der Waals surface area contributed by atoms with E-state index < -0.39 is 5.54 Å². The van der Waals surface area contributed by atoms with E-state index in [1.54, 1.807) is 26.2 Å². The molecule has 30 heavy (non-hydrogen) atoms. The molecule has 2 aromatic heterocycles. The van der Waals surface area contributed by atoms with E-state index in [9.17, 15) is 9.90 Å². The normalized spacial score (nSPS) is 14.0. The first-order valence-electron chi connectivity index (χ1n) is 10.0. The Bertz CT molecular complexity index is 1130. The number of hydrogen-bond acceptors (Lipinski definition) is 6. The van der Waals surface area contributed by atoms with E-state index in [0.29, 0.717) is 28.3 Å². The molecule has 5 N–H and O–H groups in total. The quantitative estimate of drug-likeness (QED) is 0.386. The van der Waals surface area contributed by atoms with Crippen LogP contribution in [0.25, 0.3) is 11.2 Å². The number of hydrogen-bond donors (Lipinski definition) is 5. The third-order valence-corrected chi connectivity index (χ3v) is 5.36. The lowest BCUT2D eigenvalue weighted by Gasteiger charge is -2.23. The van der Waals surface area contributed by atoms with Crippen LogP contribution in [0, 0.1) is 5.41 Å². The maximum atomic E-state index is 12.7. The smallest absolute Gasteiger partial charge is 0.255 e. The van der Waals surface area contributed by atoms with Gasteiger partial charge in [0, 0.05) is 24.5 Å². The van der Waals surface area contributed by atoms with Crippen LogP contribution in [0.1, 0.15) is 59.8 Å². The summed E-state index contributed by atoms with van der Waals surface area (Å²) in [7, 11) is 1.83. The Balaban J connectivity index is 1.71. The van der Waals surface area contributed by atoms with Gasteiger partial charge in [-0.15, -0.1) is 0 Å². The predicted molar refractivity (Wildman–Crippen MR) is 116 cm³/mol. The number of H-pyrrole nitrogens is 1. The molecule has 1 amide bonds. The molecule has 156 valence electrons. The molecule has 8 nitrogen and oxygen atoms in total. The second-order valence-corrected chi connectivity index (χ2v) is 8.36. The summed E-state index contributed by atoms with van der Waals surface area (Å²) >= 11 is 0. The first-order chi connectivity index (χ1) is 14.3. The number of aliphatic hydroxyl groups excluding tert-OH is 1. The molecule has 1 aliphatic carbocycles. The number of carbonyl (C=O) groups excluding carboxylic acids is 1. The molecule has 0 radical (unpaired) electrons. The molecule has 1 saturated carbocycles. The third-order valence-electron chi connectivity index (χ3n) is 5.36. The standard InChI is InChI=1S/C22H26N6O2/c1-22(2,11-29)28-21(30)15-9-25-20-19(15)27-17(10-26-20)18(23)14-8-13(12-4-5-12)6-7-16(14)24-3/h6-10,12,23-24,29H,4-5,11H2,1-3H3,(H,25,26)(H,28,30). The SMILES string of the molecule is CNc1ccc(C2CC2)cc1C(=N)c1cnc2[nH]cc(C(=O)NC(C)(C)CO)c2n1. The van der Waals surface area contributed by atoms with E-state index in [0.717, 1.165) is 11.3 Å². The van der Waals surface area contributed by atoms with Crippen molar-refractivity contribution in [2.45, 2.75) is 38.1 Å². The minimum Gasteiger partial charge on any atom is -0.394 e. The van der Waals surface area contributed by atoms with Gasteiger partial charge in [0.1, 0.15) is 11.2 Å². The van der Waals surface area contributed by atoms with Crippen LogP contribution >= 0.6 is 0 Å². The minimum atomic E-state index is -0.761. The van der Waals surface area contributed by atoms with E-state index >= 15 is 0 Å². The van der Waals surface area contributed by atoms with Crippen molar-refractivity contribution in [3.63, 3.8) is 0 Å². The molecular weight excluding hydrogens is 380 g/mol. The van der Waals surface area contributed by atoms with Crippen molar-refractivity contribution in [1.29, 1.82) is 5.41 Å². The number of fused-ring (bicyclic) bond motifs is 1. The molecular formula is C22H26N6O2. The maximum absolute atomic E-state index is 12.7. The van der Waals surface area contributed by atoms with Crippen LogP contribution in [0.15, 0.2) is 30.6 Å². The van der Waals surface area contributed by atoms with Gasteiger partial charge in [-0.2, -0.15) is 0 Å². The van der Waals surface area contributed by atoms with Crippen molar-refractivity contribution in [3.8, 4) is 0 Å². The van der Waals surface area contributed by atoms with Gasteiger partial charge in [0.15, 0.2) is 5.65 Å². The number of carbonyl (C=O) groups is 1. The van der Waals surface area contributed by atoms with E-state index in [1.165, 1.54) is 18.4 Å². The molecule has 0 atom stereocenters. The Morgan fingerprint density at radius 2 is 2.10 bits per heavy atom. The second-order valence-electron chi connectivity index (χ2n) is 8.36. The van der Waals surface area contributed by atoms with Crippen LogP contribution in [0.5, 0.6) is 0 Å². The first-order valence-corrected chi connectivity index (χ1v) is 10.0. The zero-order valence-corrected chi connectivity index (χ0v) is 17.3. The first kappa shape index (κ1) is 20.0. The Hall–Kier alpha value is -3.26. The maximum Gasteiger partial charge on any atom is 0.255 e. The van der Waals surface area contributed by atoms with Gasteiger partial charge in [-0.3, -0.25) is 10.2 Å². The Morgan fingerprint density at radius 3 is 2.77 bits per heavy atom. The van der Waals surface area contributed by atoms with E-state index in [-0.39, 0.29) is 18.2 Å². The Kier molecular flexibility index (Phi) is 5.03. The van der Waals surface area contributed by atoms with Gasteiger partial charge in [-0.05, 0) is 50.3 Å². The highest BCUT2D eigenvalue weighted by Gasteiger charge is 2.26. The topological polar surface area (TPSA) is 127 Å². The summed E-state index contributed by atoms with van der Waals surface area (Å²) in [6.45, 7) is 3.28. The number of nitrogens with zero attached hydrogens (tertiary/aromatic N) is 2. The van der Waals surface area contributed by atoms with Gasteiger partial charge >= 0.3 is 0 Å². The van der Waals surface area contributed by atoms with Crippen molar-refractivity contribution in [3.05, 3.63) is 53.0 Å². The van der Waals surface area contributed by atoms with Crippen molar-refractivity contribution in [1.82, 2.24) is 20.3 Å². The molecule has 1 aromatic carbocycles. The summed E-state index contributed by atoms with van der Waals surface area (Å²) < 4.78 is 0. The number of rotatable bonds is 7. The summed E-state index contributed by atoms with van der Waals surface area (Å²) in [5.74, 6) is 0.218. The fraction of sp³-hybridized carbons (Fsp3) is 0.364. The van der Waals surface area contributed by atoms with Crippen molar-refractivity contribution < 1.29 is 9.90 Å². The molecule has 1 fully saturated rings. The minimum absolute atomic E-state index is 0.188. The summed E-state index contributed by atoms with van der Waals surface area (Å²) in [6.07, 6.45) is 5.46. The molecule has 0 spiro atoms. The molecule has 0 aliphatic heterocycles. The third kappa shape index (κ3) is 3.78. The number of aromatic amines is 1. The van der Waals surface area contributed by atoms with E-state index in [2.05, 4.69) is 31.7 Å². The van der Waals surface area contributed by atoms with Crippen LogP contribution in [0.2, 0.25) is 0 Å². The Labute approximate surface area is 174 Å². The molecule has 3 aromatic rings. The summed E-state index contributed by atoms with van der Waals surface area (Å²) in [5.41, 5.74) is 3.92. The largest absolute Gasteiger partial charge is 0.394 e. The molecule has 2 heterocycles. The van der Waals surface area contributed by atoms with Crippen molar-refractivity contribution >= 4 is 28.5 Å². The molecule has 0 unspecified atom stereocenters. The van der Waals surface area contributed by atoms with Crippen molar-refractivity contribution in [2.75, 3.05) is 19.0 Å². The van der Waals surface area contributed by atoms with Crippen LogP contribution in [-0.2, 0) is 0 Å². The number of benzene rings is 1. The second kappa shape index (κ2) is 7.53. The number of nitrogens with one attached hydrogen (secondary N) is 4. The number of anilines is 1. The summed E-state index contributed by atoms with van der Waals surface area (Å²) in [6, 6.07) is 6.15. The van der Waals surface area contributed by atoms with Gasteiger partial charge in [0.2, 0.25) is 0 Å². The van der Waals surface area contributed by atoms with E-state index in [1.807, 2.05) is 19.2 Å². The van der Waals surface area contributed by atoms with Gasteiger partial charge < -0.3 is 20.7 Å². The van der Waals surface area contributed by atoms with Crippen molar-refractivity contribution in [2.24, 2.45) is 0 Å². The van der Waals surface area contributed by atoms with Gasteiger partial charge in [0.05, 0.1) is 29.6 Å². The van der Waals surface area contributed by atoms with Gasteiger partial charge in [-0.1, -0.05) is 6.07 Å². The number of amides is 1. The molecule has 8 heteroatoms. The lowest BCUT2D eigenvalue weighted by Crippen LogP contribution is -2.46. The van der Waals surface area contributed by atoms with Crippen LogP contribution in [0.4, 0.5) is 5.69 Å². The lowest BCUT2D eigenvalue weighted by molar-refractivity contribution is 0.0871. The average molecular weight is 406 g/mol. The van der Waals surface area contributed by atoms with Gasteiger partial charge in [-0.25, -0.2) is 9.97 Å². The highest BCUT2D eigenvalue weighted by molar-refractivity contribution is 6.14. The van der Waals surface area contributed by atoms with Crippen LogP contribution in [-0.4, -0.2) is 50.9 Å². The zero-order valence-electron chi connectivity index (χ0n) is 17.3. The number of aliphatic hydroxyl groups is 1. The summed E-state index contributed by atoms with van der Waals surface area (Å²) in [4.78, 5) is 24.6.